The van der Waals surface area contributed by atoms with Crippen molar-refractivity contribution < 1.29 is 13.6 Å². The molecule has 2 rings (SSSR count). The zero-order valence-electron chi connectivity index (χ0n) is 12.4. The minimum atomic E-state index is -0.800. The van der Waals surface area contributed by atoms with Crippen molar-refractivity contribution in [2.24, 2.45) is 0 Å². The molecule has 0 saturated heterocycles. The predicted molar refractivity (Wildman–Crippen MR) is 81.2 cm³/mol. The third kappa shape index (κ3) is 3.98. The normalized spacial score (nSPS) is 18.3. The first kappa shape index (κ1) is 16.8. The number of hydrogen-bond donors (Lipinski definition) is 1. The van der Waals surface area contributed by atoms with Crippen LogP contribution >= 0.6 is 11.8 Å². The summed E-state index contributed by atoms with van der Waals surface area (Å²) >= 11 is 1.02. The summed E-state index contributed by atoms with van der Waals surface area (Å²) in [5.74, 6) is -1.63. The maximum absolute atomic E-state index is 13.6. The van der Waals surface area contributed by atoms with Crippen LogP contribution in [0, 0.1) is 23.0 Å². The zero-order valence-corrected chi connectivity index (χ0v) is 13.2. The largest absolute Gasteiger partial charge is 0.337 e. The average molecular weight is 324 g/mol. The molecule has 22 heavy (non-hydrogen) atoms. The summed E-state index contributed by atoms with van der Waals surface area (Å²) in [7, 11) is 0. The van der Waals surface area contributed by atoms with Gasteiger partial charge in [0.1, 0.15) is 17.2 Å². The lowest BCUT2D eigenvalue weighted by molar-refractivity contribution is -0.121. The molecule has 0 radical (unpaired) electrons. The van der Waals surface area contributed by atoms with E-state index in [-0.39, 0.29) is 10.8 Å². The molecule has 0 aromatic heterocycles. The number of carbonyl (C=O) groups is 1. The molecule has 1 aromatic rings. The molecule has 3 nitrogen and oxygen atoms in total. The highest BCUT2D eigenvalue weighted by molar-refractivity contribution is 8.00. The number of thioether (sulfide) groups is 1. The van der Waals surface area contributed by atoms with Crippen LogP contribution < -0.4 is 5.32 Å². The van der Waals surface area contributed by atoms with Gasteiger partial charge >= 0.3 is 0 Å². The Kier molecular flexibility index (Phi) is 5.41. The standard InChI is InChI=1S/C16H18F2N2OS/c1-11(22-14-6-5-12(17)9-13(14)18)15(21)20-16(10-19)7-3-2-4-8-16/h5-6,9,11H,2-4,7-8H2,1H3,(H,20,21). The zero-order chi connectivity index (χ0) is 16.2. The second-order valence-corrected chi connectivity index (χ2v) is 6.96. The number of hydrogen-bond acceptors (Lipinski definition) is 3. The highest BCUT2D eigenvalue weighted by atomic mass is 32.2. The van der Waals surface area contributed by atoms with Crippen LogP contribution in [0.2, 0.25) is 0 Å². The molecule has 6 heteroatoms. The van der Waals surface area contributed by atoms with Gasteiger partial charge in [-0.05, 0) is 31.9 Å². The summed E-state index contributed by atoms with van der Waals surface area (Å²) in [5, 5.41) is 11.6. The van der Waals surface area contributed by atoms with E-state index in [0.717, 1.165) is 43.2 Å². The van der Waals surface area contributed by atoms with Gasteiger partial charge in [0.15, 0.2) is 0 Å². The number of halogens is 2. The van der Waals surface area contributed by atoms with E-state index < -0.39 is 22.4 Å². The van der Waals surface area contributed by atoms with Gasteiger partial charge in [-0.15, -0.1) is 11.8 Å². The Morgan fingerprint density at radius 2 is 2.05 bits per heavy atom. The summed E-state index contributed by atoms with van der Waals surface area (Å²) < 4.78 is 26.5. The van der Waals surface area contributed by atoms with Crippen molar-refractivity contribution in [3.05, 3.63) is 29.8 Å². The van der Waals surface area contributed by atoms with Crippen LogP contribution in [0.1, 0.15) is 39.0 Å². The van der Waals surface area contributed by atoms with E-state index in [1.54, 1.807) is 6.92 Å². The van der Waals surface area contributed by atoms with Gasteiger partial charge in [0.05, 0.1) is 11.3 Å². The number of nitrogens with zero attached hydrogens (tertiary/aromatic N) is 1. The molecular weight excluding hydrogens is 306 g/mol. The van der Waals surface area contributed by atoms with Crippen LogP contribution in [0.15, 0.2) is 23.1 Å². The molecule has 1 saturated carbocycles. The van der Waals surface area contributed by atoms with Crippen LogP contribution in [-0.2, 0) is 4.79 Å². The average Bonchev–Trinajstić information content (AvgIpc) is 2.51. The Balaban J connectivity index is 2.01. The second kappa shape index (κ2) is 7.10. The van der Waals surface area contributed by atoms with Crippen molar-refractivity contribution in [3.8, 4) is 6.07 Å². The lowest BCUT2D eigenvalue weighted by Gasteiger charge is -2.32. The van der Waals surface area contributed by atoms with E-state index in [1.165, 1.54) is 6.07 Å². The molecule has 1 N–H and O–H groups in total. The van der Waals surface area contributed by atoms with Gasteiger partial charge in [0.2, 0.25) is 5.91 Å². The van der Waals surface area contributed by atoms with Gasteiger partial charge in [0, 0.05) is 11.0 Å². The second-order valence-electron chi connectivity index (χ2n) is 5.58. The highest BCUT2D eigenvalue weighted by Crippen LogP contribution is 2.30. The third-order valence-electron chi connectivity index (χ3n) is 3.85. The first-order chi connectivity index (χ1) is 10.5. The van der Waals surface area contributed by atoms with Crippen molar-refractivity contribution >= 4 is 17.7 Å². The molecule has 118 valence electrons. The first-order valence-corrected chi connectivity index (χ1v) is 8.19. The molecule has 1 aliphatic rings. The monoisotopic (exact) mass is 324 g/mol. The molecular formula is C16H18F2N2OS. The SMILES string of the molecule is CC(Sc1ccc(F)cc1F)C(=O)NC1(C#N)CCCCC1. The van der Waals surface area contributed by atoms with Gasteiger partial charge in [-0.1, -0.05) is 19.3 Å². The van der Waals surface area contributed by atoms with Crippen molar-refractivity contribution in [1.29, 1.82) is 5.26 Å². The van der Waals surface area contributed by atoms with E-state index >= 15 is 0 Å². The van der Waals surface area contributed by atoms with Crippen molar-refractivity contribution in [1.82, 2.24) is 5.32 Å². The Morgan fingerprint density at radius 3 is 2.64 bits per heavy atom. The number of rotatable bonds is 4. The molecule has 1 atom stereocenters. The summed E-state index contributed by atoms with van der Waals surface area (Å²) in [4.78, 5) is 12.5. The number of nitriles is 1. The molecule has 0 spiro atoms. The minimum Gasteiger partial charge on any atom is -0.337 e. The Bertz CT molecular complexity index is 594. The number of nitrogens with one attached hydrogen (secondary N) is 1. The fraction of sp³-hybridized carbons (Fsp3) is 0.500. The van der Waals surface area contributed by atoms with Crippen LogP contribution in [-0.4, -0.2) is 16.7 Å². The molecule has 0 aliphatic heterocycles. The summed E-state index contributed by atoms with van der Waals surface area (Å²) in [5.41, 5.74) is -0.800. The van der Waals surface area contributed by atoms with Crippen molar-refractivity contribution in [3.63, 3.8) is 0 Å². The van der Waals surface area contributed by atoms with E-state index in [9.17, 15) is 18.8 Å². The van der Waals surface area contributed by atoms with E-state index in [2.05, 4.69) is 11.4 Å². The quantitative estimate of drug-likeness (QED) is 0.857. The first-order valence-electron chi connectivity index (χ1n) is 7.31. The smallest absolute Gasteiger partial charge is 0.234 e. The Hall–Kier alpha value is -1.61. The summed E-state index contributed by atoms with van der Waals surface area (Å²) in [6.07, 6.45) is 4.21. The molecule has 1 fully saturated rings. The van der Waals surface area contributed by atoms with Gasteiger partial charge in [-0.25, -0.2) is 8.78 Å². The van der Waals surface area contributed by atoms with Gasteiger partial charge in [-0.3, -0.25) is 4.79 Å². The van der Waals surface area contributed by atoms with E-state index in [0.29, 0.717) is 12.8 Å². The number of carbonyl (C=O) groups excluding carboxylic acids is 1. The number of benzene rings is 1. The van der Waals surface area contributed by atoms with E-state index in [1.807, 2.05) is 0 Å². The predicted octanol–water partition coefficient (Wildman–Crippen LogP) is 3.79. The van der Waals surface area contributed by atoms with Gasteiger partial charge < -0.3 is 5.32 Å². The Morgan fingerprint density at radius 1 is 1.36 bits per heavy atom. The van der Waals surface area contributed by atoms with Crippen molar-refractivity contribution in [2.75, 3.05) is 0 Å². The van der Waals surface area contributed by atoms with Crippen molar-refractivity contribution in [2.45, 2.75) is 54.7 Å². The molecule has 0 heterocycles. The maximum Gasteiger partial charge on any atom is 0.234 e. The highest BCUT2D eigenvalue weighted by Gasteiger charge is 2.34. The van der Waals surface area contributed by atoms with Gasteiger partial charge in [0.25, 0.3) is 0 Å². The fourth-order valence-electron chi connectivity index (χ4n) is 2.57. The van der Waals surface area contributed by atoms with Crippen LogP contribution in [0.3, 0.4) is 0 Å². The molecule has 0 bridgehead atoms. The molecule has 1 aliphatic carbocycles. The number of amides is 1. The van der Waals surface area contributed by atoms with Crippen LogP contribution in [0.5, 0.6) is 0 Å². The topological polar surface area (TPSA) is 52.9 Å². The summed E-state index contributed by atoms with van der Waals surface area (Å²) in [6.45, 7) is 1.65. The molecule has 1 aromatic carbocycles. The maximum atomic E-state index is 13.6. The minimum absolute atomic E-state index is 0.221. The molecule has 1 amide bonds. The van der Waals surface area contributed by atoms with Crippen LogP contribution in [0.4, 0.5) is 8.78 Å². The summed E-state index contributed by atoms with van der Waals surface area (Å²) in [6, 6.07) is 5.50. The fourth-order valence-corrected chi connectivity index (χ4v) is 3.44. The lowest BCUT2D eigenvalue weighted by atomic mass is 9.83. The molecule has 1 unspecified atom stereocenters. The Labute approximate surface area is 133 Å². The third-order valence-corrected chi connectivity index (χ3v) is 5.00. The lowest BCUT2D eigenvalue weighted by Crippen LogP contribution is -2.50. The van der Waals surface area contributed by atoms with Crippen LogP contribution in [0.25, 0.3) is 0 Å². The van der Waals surface area contributed by atoms with Gasteiger partial charge in [-0.2, -0.15) is 5.26 Å². The van der Waals surface area contributed by atoms with E-state index in [4.69, 9.17) is 0 Å².